The highest BCUT2D eigenvalue weighted by Crippen LogP contribution is 2.20. The van der Waals surface area contributed by atoms with Gasteiger partial charge in [-0.2, -0.15) is 4.98 Å². The number of ketones is 1. The second kappa shape index (κ2) is 5.43. The Bertz CT molecular complexity index is 614. The summed E-state index contributed by atoms with van der Waals surface area (Å²) in [6, 6.07) is 3.39. The number of hydrogen-bond acceptors (Lipinski definition) is 6. The number of ether oxygens (including phenoxy) is 2. The topological polar surface area (TPSA) is 74.2 Å². The Labute approximate surface area is 110 Å². The molecule has 0 spiro atoms. The van der Waals surface area contributed by atoms with Crippen molar-refractivity contribution < 1.29 is 14.3 Å². The molecule has 0 aliphatic carbocycles. The Morgan fingerprint density at radius 2 is 2.00 bits per heavy atom. The molecule has 0 fully saturated rings. The summed E-state index contributed by atoms with van der Waals surface area (Å²) in [6.07, 6.45) is 3.00. The third-order valence-electron chi connectivity index (χ3n) is 2.59. The molecule has 19 heavy (non-hydrogen) atoms. The predicted molar refractivity (Wildman–Crippen MR) is 67.5 cm³/mol. The van der Waals surface area contributed by atoms with E-state index >= 15 is 0 Å². The molecule has 98 valence electrons. The molecule has 0 radical (unpaired) electrons. The van der Waals surface area contributed by atoms with Crippen LogP contribution in [0.25, 0.3) is 0 Å². The van der Waals surface area contributed by atoms with Gasteiger partial charge in [-0.15, -0.1) is 0 Å². The molecule has 0 atom stereocenters. The van der Waals surface area contributed by atoms with Crippen LogP contribution in [-0.4, -0.2) is 35.0 Å². The van der Waals surface area contributed by atoms with Crippen molar-refractivity contribution in [2.24, 2.45) is 0 Å². The van der Waals surface area contributed by atoms with E-state index in [1.165, 1.54) is 20.4 Å². The molecule has 2 rings (SSSR count). The number of pyridine rings is 1. The fourth-order valence-corrected chi connectivity index (χ4v) is 1.61. The van der Waals surface area contributed by atoms with E-state index in [1.807, 2.05) is 0 Å². The Morgan fingerprint density at radius 3 is 2.63 bits per heavy atom. The first kappa shape index (κ1) is 12.9. The fourth-order valence-electron chi connectivity index (χ4n) is 1.61. The number of nitrogens with zero attached hydrogens (tertiary/aromatic N) is 3. The van der Waals surface area contributed by atoms with E-state index < -0.39 is 0 Å². The second-order valence-electron chi connectivity index (χ2n) is 3.74. The lowest BCUT2D eigenvalue weighted by Gasteiger charge is -2.08. The van der Waals surface area contributed by atoms with Gasteiger partial charge < -0.3 is 9.47 Å². The molecule has 6 nitrogen and oxygen atoms in total. The van der Waals surface area contributed by atoms with Crippen molar-refractivity contribution in [2.75, 3.05) is 14.2 Å². The van der Waals surface area contributed by atoms with Gasteiger partial charge in [0, 0.05) is 17.5 Å². The summed E-state index contributed by atoms with van der Waals surface area (Å²) in [5.41, 5.74) is 1.24. The smallest absolute Gasteiger partial charge is 0.247 e. The normalized spacial score (nSPS) is 10.1. The van der Waals surface area contributed by atoms with Gasteiger partial charge in [-0.1, -0.05) is 0 Å². The van der Waals surface area contributed by atoms with Crippen LogP contribution in [0.2, 0.25) is 0 Å². The van der Waals surface area contributed by atoms with Crippen LogP contribution < -0.4 is 9.47 Å². The van der Waals surface area contributed by atoms with Crippen molar-refractivity contribution in [2.45, 2.75) is 6.92 Å². The van der Waals surface area contributed by atoms with Gasteiger partial charge in [0.05, 0.1) is 20.4 Å². The van der Waals surface area contributed by atoms with Crippen molar-refractivity contribution in [3.8, 4) is 11.8 Å². The van der Waals surface area contributed by atoms with Gasteiger partial charge in [0.15, 0.2) is 5.69 Å². The minimum Gasteiger partial charge on any atom is -0.480 e. The average Bonchev–Trinajstić information content (AvgIpc) is 2.46. The standard InChI is InChI=1S/C13H13N3O3/c1-8-9(5-4-6-14-8)12(17)11-13(19-3)16-10(18-2)7-15-11/h4-7H,1-3H3. The maximum Gasteiger partial charge on any atom is 0.247 e. The molecule has 0 N–H and O–H groups in total. The number of aryl methyl sites for hydroxylation is 1. The lowest BCUT2D eigenvalue weighted by atomic mass is 10.1. The summed E-state index contributed by atoms with van der Waals surface area (Å²) in [4.78, 5) is 24.5. The van der Waals surface area contributed by atoms with Gasteiger partial charge in [-0.25, -0.2) is 4.98 Å². The Balaban J connectivity index is 2.47. The molecule has 0 aliphatic rings. The minimum atomic E-state index is -0.280. The molecule has 0 saturated heterocycles. The summed E-state index contributed by atoms with van der Waals surface area (Å²) in [6.45, 7) is 1.76. The van der Waals surface area contributed by atoms with Crippen molar-refractivity contribution in [3.63, 3.8) is 0 Å². The zero-order chi connectivity index (χ0) is 13.8. The van der Waals surface area contributed by atoms with Crippen molar-refractivity contribution in [1.29, 1.82) is 0 Å². The highest BCUT2D eigenvalue weighted by molar-refractivity contribution is 6.09. The Hall–Kier alpha value is -2.50. The molecule has 6 heteroatoms. The van der Waals surface area contributed by atoms with Crippen LogP contribution in [0.3, 0.4) is 0 Å². The molecule has 0 aliphatic heterocycles. The SMILES string of the molecule is COc1cnc(C(=O)c2cccnc2C)c(OC)n1. The number of hydrogen-bond donors (Lipinski definition) is 0. The maximum absolute atomic E-state index is 12.4. The van der Waals surface area contributed by atoms with Gasteiger partial charge >= 0.3 is 0 Å². The van der Waals surface area contributed by atoms with Crippen LogP contribution in [0.15, 0.2) is 24.5 Å². The summed E-state index contributed by atoms with van der Waals surface area (Å²) in [7, 11) is 2.90. The summed E-state index contributed by atoms with van der Waals surface area (Å²) < 4.78 is 10.0. The van der Waals surface area contributed by atoms with Crippen LogP contribution in [0.5, 0.6) is 11.8 Å². The van der Waals surface area contributed by atoms with E-state index in [4.69, 9.17) is 9.47 Å². The van der Waals surface area contributed by atoms with E-state index in [2.05, 4.69) is 15.0 Å². The van der Waals surface area contributed by atoms with Crippen molar-refractivity contribution in [1.82, 2.24) is 15.0 Å². The fraction of sp³-hybridized carbons (Fsp3) is 0.231. The lowest BCUT2D eigenvalue weighted by Crippen LogP contribution is -2.10. The van der Waals surface area contributed by atoms with Crippen LogP contribution in [0.1, 0.15) is 21.7 Å². The number of carbonyl (C=O) groups is 1. The number of rotatable bonds is 4. The molecule has 2 aromatic rings. The third-order valence-corrected chi connectivity index (χ3v) is 2.59. The van der Waals surface area contributed by atoms with Gasteiger partial charge in [-0.05, 0) is 19.1 Å². The summed E-state index contributed by atoms with van der Waals surface area (Å²) in [5, 5.41) is 0. The lowest BCUT2D eigenvalue weighted by molar-refractivity contribution is 0.102. The molecule has 2 heterocycles. The monoisotopic (exact) mass is 259 g/mol. The zero-order valence-electron chi connectivity index (χ0n) is 10.9. The highest BCUT2D eigenvalue weighted by Gasteiger charge is 2.20. The maximum atomic E-state index is 12.4. The molecular formula is C13H13N3O3. The van der Waals surface area contributed by atoms with E-state index in [-0.39, 0.29) is 23.2 Å². The van der Waals surface area contributed by atoms with E-state index in [9.17, 15) is 4.79 Å². The van der Waals surface area contributed by atoms with E-state index in [0.717, 1.165) is 0 Å². The summed E-state index contributed by atoms with van der Waals surface area (Å²) >= 11 is 0. The highest BCUT2D eigenvalue weighted by atomic mass is 16.5. The zero-order valence-corrected chi connectivity index (χ0v) is 10.9. The molecule has 0 bridgehead atoms. The van der Waals surface area contributed by atoms with Gasteiger partial charge in [0.1, 0.15) is 0 Å². The number of methoxy groups -OCH3 is 2. The largest absolute Gasteiger partial charge is 0.480 e. The molecule has 2 aromatic heterocycles. The van der Waals surface area contributed by atoms with Gasteiger partial charge in [-0.3, -0.25) is 9.78 Å². The van der Waals surface area contributed by atoms with Crippen molar-refractivity contribution in [3.05, 3.63) is 41.5 Å². The van der Waals surface area contributed by atoms with Gasteiger partial charge in [0.2, 0.25) is 17.5 Å². The molecule has 0 amide bonds. The average molecular weight is 259 g/mol. The first-order chi connectivity index (χ1) is 9.17. The number of aromatic nitrogens is 3. The molecule has 0 aromatic carbocycles. The first-order valence-electron chi connectivity index (χ1n) is 5.58. The third kappa shape index (κ3) is 2.52. The Morgan fingerprint density at radius 1 is 1.21 bits per heavy atom. The van der Waals surface area contributed by atoms with Crippen LogP contribution in [0.4, 0.5) is 0 Å². The van der Waals surface area contributed by atoms with Gasteiger partial charge in [0.25, 0.3) is 0 Å². The first-order valence-corrected chi connectivity index (χ1v) is 5.58. The van der Waals surface area contributed by atoms with E-state index in [0.29, 0.717) is 11.3 Å². The molecule has 0 unspecified atom stereocenters. The quantitative estimate of drug-likeness (QED) is 0.773. The molecule has 0 saturated carbocycles. The predicted octanol–water partition coefficient (Wildman–Crippen LogP) is 1.43. The van der Waals surface area contributed by atoms with Crippen LogP contribution in [0, 0.1) is 6.92 Å². The van der Waals surface area contributed by atoms with Crippen LogP contribution >= 0.6 is 0 Å². The second-order valence-corrected chi connectivity index (χ2v) is 3.74. The number of carbonyl (C=O) groups excluding carboxylic acids is 1. The minimum absolute atomic E-state index is 0.132. The Kier molecular flexibility index (Phi) is 3.70. The summed E-state index contributed by atoms with van der Waals surface area (Å²) in [5.74, 6) is 0.140. The van der Waals surface area contributed by atoms with Crippen molar-refractivity contribution >= 4 is 5.78 Å². The van der Waals surface area contributed by atoms with Crippen LogP contribution in [-0.2, 0) is 0 Å². The molecular weight excluding hydrogens is 246 g/mol. The van der Waals surface area contributed by atoms with E-state index in [1.54, 1.807) is 25.3 Å².